The average molecular weight is 141 g/mol. The van der Waals surface area contributed by atoms with Crippen molar-refractivity contribution in [3.8, 4) is 0 Å². The Bertz CT molecular complexity index is 45.0. The molecule has 52 valence electrons. The number of nitrogens with two attached hydrogens (primary N) is 1. The van der Waals surface area contributed by atoms with Crippen LogP contribution in [0.25, 0.3) is 0 Å². The maximum Gasteiger partial charge on any atom is 0.0594 e. The largest absolute Gasteiger partial charge is 0.395 e. The number of aliphatic hydroxyl groups is 1. The third kappa shape index (κ3) is 6.17. The quantitative estimate of drug-likeness (QED) is 0.469. The Labute approximate surface area is 55.7 Å². The lowest BCUT2D eigenvalue weighted by atomic mass is 10.3. The van der Waals surface area contributed by atoms with Crippen molar-refractivity contribution in [1.82, 2.24) is 5.32 Å². The molecule has 0 fully saturated rings. The van der Waals surface area contributed by atoms with Crippen LogP contribution in [0.3, 0.4) is 0 Å². The molecule has 0 rings (SSSR count). The fourth-order valence-electron chi connectivity index (χ4n) is 0.327. The number of aliphatic hydroxyl groups excluding tert-OH is 1. The van der Waals surface area contributed by atoms with E-state index in [1.807, 2.05) is 0 Å². The normalized spacial score (nSPS) is 12.4. The maximum atomic E-state index is 8.30. The summed E-state index contributed by atoms with van der Waals surface area (Å²) in [4.78, 5) is 0. The fraction of sp³-hybridized carbons (Fsp3) is 1.00. The lowest BCUT2D eigenvalue weighted by Crippen LogP contribution is -2.34. The zero-order valence-corrected chi connectivity index (χ0v) is 5.74. The molecule has 4 N–H and O–H groups in total. The molecule has 4 heteroatoms. The van der Waals surface area contributed by atoms with Gasteiger partial charge in [-0.05, 0) is 7.05 Å². The van der Waals surface area contributed by atoms with Crippen LogP contribution in [-0.4, -0.2) is 31.3 Å². The molecule has 0 amide bonds. The van der Waals surface area contributed by atoms with Gasteiger partial charge < -0.3 is 16.2 Å². The molecule has 0 heterocycles. The van der Waals surface area contributed by atoms with E-state index in [1.54, 1.807) is 7.05 Å². The van der Waals surface area contributed by atoms with Gasteiger partial charge in [0.15, 0.2) is 0 Å². The molecular formula is C4H13ClN2O. The van der Waals surface area contributed by atoms with Gasteiger partial charge in [0.25, 0.3) is 0 Å². The smallest absolute Gasteiger partial charge is 0.0594 e. The van der Waals surface area contributed by atoms with Crippen LogP contribution in [0.4, 0.5) is 0 Å². The van der Waals surface area contributed by atoms with E-state index in [4.69, 9.17) is 10.8 Å². The lowest BCUT2D eigenvalue weighted by Gasteiger charge is -2.03. The summed E-state index contributed by atoms with van der Waals surface area (Å²) in [6.07, 6.45) is 0. The van der Waals surface area contributed by atoms with E-state index >= 15 is 0 Å². The van der Waals surface area contributed by atoms with Crippen LogP contribution in [0.2, 0.25) is 0 Å². The molecule has 0 aromatic rings. The van der Waals surface area contributed by atoms with Crippen molar-refractivity contribution in [3.05, 3.63) is 0 Å². The number of halogens is 1. The summed E-state index contributed by atoms with van der Waals surface area (Å²) in [7, 11) is 1.80. The van der Waals surface area contributed by atoms with E-state index in [0.29, 0.717) is 6.54 Å². The van der Waals surface area contributed by atoms with Crippen LogP contribution in [0, 0.1) is 0 Å². The van der Waals surface area contributed by atoms with Crippen LogP contribution >= 0.6 is 12.4 Å². The molecule has 1 atom stereocenters. The SMILES string of the molecule is CNC[C@H](N)CO.Cl. The van der Waals surface area contributed by atoms with Gasteiger partial charge in [0.05, 0.1) is 6.61 Å². The first-order valence-corrected chi connectivity index (χ1v) is 2.32. The highest BCUT2D eigenvalue weighted by molar-refractivity contribution is 5.85. The van der Waals surface area contributed by atoms with Crippen molar-refractivity contribution in [3.63, 3.8) is 0 Å². The van der Waals surface area contributed by atoms with Gasteiger partial charge in [0.2, 0.25) is 0 Å². The Morgan fingerprint density at radius 1 is 1.75 bits per heavy atom. The lowest BCUT2D eigenvalue weighted by molar-refractivity contribution is 0.264. The summed E-state index contributed by atoms with van der Waals surface area (Å²) >= 11 is 0. The molecule has 8 heavy (non-hydrogen) atoms. The molecule has 3 nitrogen and oxygen atoms in total. The van der Waals surface area contributed by atoms with Gasteiger partial charge in [-0.3, -0.25) is 0 Å². The standard InChI is InChI=1S/C4H12N2O.ClH/c1-6-2-4(5)3-7;/h4,6-7H,2-3,5H2,1H3;1H/t4-;/m0./s1. The van der Waals surface area contributed by atoms with Crippen molar-refractivity contribution in [2.45, 2.75) is 6.04 Å². The minimum absolute atomic E-state index is 0. The zero-order chi connectivity index (χ0) is 5.70. The molecule has 0 aliphatic carbocycles. The van der Waals surface area contributed by atoms with E-state index in [0.717, 1.165) is 0 Å². The van der Waals surface area contributed by atoms with Crippen LogP contribution in [-0.2, 0) is 0 Å². The number of hydrogen-bond donors (Lipinski definition) is 3. The summed E-state index contributed by atoms with van der Waals surface area (Å²) in [6, 6.07) is -0.106. The first-order valence-electron chi connectivity index (χ1n) is 2.32. The molecule has 0 aliphatic heterocycles. The second-order valence-corrected chi connectivity index (χ2v) is 1.50. The topological polar surface area (TPSA) is 58.3 Å². The maximum absolute atomic E-state index is 8.30. The second kappa shape index (κ2) is 7.17. The highest BCUT2D eigenvalue weighted by Crippen LogP contribution is 1.67. The summed E-state index contributed by atoms with van der Waals surface area (Å²) in [5.41, 5.74) is 5.27. The molecule has 0 spiro atoms. The van der Waals surface area contributed by atoms with Gasteiger partial charge in [-0.25, -0.2) is 0 Å². The van der Waals surface area contributed by atoms with Crippen molar-refractivity contribution < 1.29 is 5.11 Å². The summed E-state index contributed by atoms with van der Waals surface area (Å²) < 4.78 is 0. The van der Waals surface area contributed by atoms with Crippen molar-refractivity contribution in [2.24, 2.45) is 5.73 Å². The monoisotopic (exact) mass is 140 g/mol. The van der Waals surface area contributed by atoms with Gasteiger partial charge in [-0.15, -0.1) is 12.4 Å². The predicted octanol–water partition coefficient (Wildman–Crippen LogP) is -1.05. The summed E-state index contributed by atoms with van der Waals surface area (Å²) in [5.74, 6) is 0. The molecule has 0 aromatic heterocycles. The van der Waals surface area contributed by atoms with E-state index in [9.17, 15) is 0 Å². The number of rotatable bonds is 3. The van der Waals surface area contributed by atoms with E-state index < -0.39 is 0 Å². The molecular weight excluding hydrogens is 128 g/mol. The molecule has 0 unspecified atom stereocenters. The van der Waals surface area contributed by atoms with Gasteiger partial charge in [0, 0.05) is 12.6 Å². The Hall–Kier alpha value is 0.170. The van der Waals surface area contributed by atoms with Gasteiger partial charge in [0.1, 0.15) is 0 Å². The van der Waals surface area contributed by atoms with Crippen LogP contribution in [0.1, 0.15) is 0 Å². The third-order valence-electron chi connectivity index (χ3n) is 0.701. The molecule has 0 aromatic carbocycles. The molecule has 0 radical (unpaired) electrons. The Kier molecular flexibility index (Phi) is 9.89. The summed E-state index contributed by atoms with van der Waals surface area (Å²) in [5, 5.41) is 11.1. The Balaban J connectivity index is 0. The molecule has 0 saturated heterocycles. The first kappa shape index (κ1) is 11.0. The van der Waals surface area contributed by atoms with E-state index in [-0.39, 0.29) is 25.1 Å². The fourth-order valence-corrected chi connectivity index (χ4v) is 0.327. The number of nitrogens with one attached hydrogen (secondary N) is 1. The zero-order valence-electron chi connectivity index (χ0n) is 4.92. The predicted molar refractivity (Wildman–Crippen MR) is 36.2 cm³/mol. The number of likely N-dealkylation sites (N-methyl/N-ethyl adjacent to an activating group) is 1. The highest BCUT2D eigenvalue weighted by Gasteiger charge is 1.93. The van der Waals surface area contributed by atoms with Gasteiger partial charge >= 0.3 is 0 Å². The average Bonchev–Trinajstić information content (AvgIpc) is 1.68. The van der Waals surface area contributed by atoms with Crippen molar-refractivity contribution in [1.29, 1.82) is 0 Å². The molecule has 0 saturated carbocycles. The van der Waals surface area contributed by atoms with E-state index in [1.165, 1.54) is 0 Å². The van der Waals surface area contributed by atoms with Gasteiger partial charge in [-0.1, -0.05) is 0 Å². The minimum Gasteiger partial charge on any atom is -0.395 e. The van der Waals surface area contributed by atoms with Crippen LogP contribution in [0.5, 0.6) is 0 Å². The Morgan fingerprint density at radius 3 is 2.38 bits per heavy atom. The molecule has 0 aliphatic rings. The first-order chi connectivity index (χ1) is 3.31. The van der Waals surface area contributed by atoms with E-state index in [2.05, 4.69) is 5.32 Å². The second-order valence-electron chi connectivity index (χ2n) is 1.50. The van der Waals surface area contributed by atoms with Crippen LogP contribution in [0.15, 0.2) is 0 Å². The summed E-state index contributed by atoms with van der Waals surface area (Å²) in [6.45, 7) is 0.733. The molecule has 0 bridgehead atoms. The van der Waals surface area contributed by atoms with Gasteiger partial charge in [-0.2, -0.15) is 0 Å². The van der Waals surface area contributed by atoms with Crippen molar-refractivity contribution >= 4 is 12.4 Å². The Morgan fingerprint density at radius 2 is 2.25 bits per heavy atom. The number of hydrogen-bond acceptors (Lipinski definition) is 3. The third-order valence-corrected chi connectivity index (χ3v) is 0.701. The highest BCUT2D eigenvalue weighted by atomic mass is 35.5. The van der Waals surface area contributed by atoms with Crippen LogP contribution < -0.4 is 11.1 Å². The minimum atomic E-state index is -0.106. The van der Waals surface area contributed by atoms with Crippen molar-refractivity contribution in [2.75, 3.05) is 20.2 Å².